The first-order valence-electron chi connectivity index (χ1n) is 6.10. The molecule has 0 fully saturated rings. The van der Waals surface area contributed by atoms with E-state index in [1.54, 1.807) is 24.3 Å². The van der Waals surface area contributed by atoms with Gasteiger partial charge in [0, 0.05) is 11.1 Å². The van der Waals surface area contributed by atoms with Crippen molar-refractivity contribution in [2.75, 3.05) is 0 Å². The number of ether oxygens (including phenoxy) is 1. The molecule has 0 aromatic heterocycles. The van der Waals surface area contributed by atoms with E-state index in [-0.39, 0.29) is 12.1 Å². The van der Waals surface area contributed by atoms with Gasteiger partial charge in [-0.3, -0.25) is 0 Å². The largest absolute Gasteiger partial charge is 0.482 e. The Morgan fingerprint density at radius 3 is 2.40 bits per heavy atom. The molecular weight excluding hydrogens is 317 g/mol. The van der Waals surface area contributed by atoms with E-state index in [0.717, 1.165) is 5.56 Å². The zero-order valence-electron chi connectivity index (χ0n) is 10.8. The van der Waals surface area contributed by atoms with Crippen LogP contribution in [0.5, 0.6) is 5.75 Å². The number of hydrogen-bond acceptors (Lipinski definition) is 2. The van der Waals surface area contributed by atoms with Crippen molar-refractivity contribution >= 4 is 34.8 Å². The van der Waals surface area contributed by atoms with Crippen molar-refractivity contribution in [2.45, 2.75) is 19.1 Å². The molecule has 0 spiro atoms. The summed E-state index contributed by atoms with van der Waals surface area (Å²) in [7, 11) is 0. The molecule has 0 aliphatic rings. The van der Waals surface area contributed by atoms with Crippen molar-refractivity contribution in [2.24, 2.45) is 5.73 Å². The van der Waals surface area contributed by atoms with E-state index in [2.05, 4.69) is 0 Å². The van der Waals surface area contributed by atoms with E-state index in [1.165, 1.54) is 0 Å². The van der Waals surface area contributed by atoms with Crippen LogP contribution >= 0.6 is 34.8 Å². The van der Waals surface area contributed by atoms with Gasteiger partial charge in [-0.2, -0.15) is 0 Å². The Hall–Kier alpha value is -0.930. The molecule has 0 aliphatic heterocycles. The van der Waals surface area contributed by atoms with Crippen molar-refractivity contribution in [1.29, 1.82) is 0 Å². The maximum atomic E-state index is 6.14. The molecule has 2 nitrogen and oxygen atoms in total. The van der Waals surface area contributed by atoms with Gasteiger partial charge < -0.3 is 10.5 Å². The Morgan fingerprint density at radius 2 is 1.75 bits per heavy atom. The number of benzene rings is 2. The van der Waals surface area contributed by atoms with Crippen LogP contribution in [0, 0.1) is 0 Å². The topological polar surface area (TPSA) is 35.2 Å². The second kappa shape index (κ2) is 6.68. The van der Waals surface area contributed by atoms with E-state index in [0.29, 0.717) is 20.8 Å². The van der Waals surface area contributed by atoms with Crippen molar-refractivity contribution in [3.8, 4) is 5.75 Å². The molecule has 2 rings (SSSR count). The zero-order chi connectivity index (χ0) is 14.7. The van der Waals surface area contributed by atoms with Gasteiger partial charge in [0.1, 0.15) is 16.9 Å². The van der Waals surface area contributed by atoms with E-state index in [4.69, 9.17) is 45.3 Å². The minimum atomic E-state index is -0.357. The first kappa shape index (κ1) is 15.5. The fourth-order valence-electron chi connectivity index (χ4n) is 1.87. The second-order valence-electron chi connectivity index (χ2n) is 4.50. The van der Waals surface area contributed by atoms with Crippen LogP contribution in [0.1, 0.15) is 18.6 Å². The first-order valence-corrected chi connectivity index (χ1v) is 7.24. The smallest absolute Gasteiger partial charge is 0.140 e. The lowest BCUT2D eigenvalue weighted by Crippen LogP contribution is -2.29. The van der Waals surface area contributed by atoms with Crippen LogP contribution in [0.4, 0.5) is 0 Å². The van der Waals surface area contributed by atoms with Crippen LogP contribution in [0.15, 0.2) is 42.5 Å². The second-order valence-corrected chi connectivity index (χ2v) is 5.73. The van der Waals surface area contributed by atoms with Crippen molar-refractivity contribution in [3.05, 3.63) is 63.1 Å². The third-order valence-corrected chi connectivity index (χ3v) is 3.86. The molecule has 0 bridgehead atoms. The molecule has 106 valence electrons. The summed E-state index contributed by atoms with van der Waals surface area (Å²) in [5.41, 5.74) is 6.90. The summed E-state index contributed by atoms with van der Waals surface area (Å²) >= 11 is 18.1. The molecule has 0 saturated carbocycles. The first-order chi connectivity index (χ1) is 9.49. The van der Waals surface area contributed by atoms with E-state index >= 15 is 0 Å². The monoisotopic (exact) mass is 329 g/mol. The Morgan fingerprint density at radius 1 is 1.05 bits per heavy atom. The molecule has 0 amide bonds. The van der Waals surface area contributed by atoms with E-state index in [9.17, 15) is 0 Å². The molecular formula is C15H14Cl3NO. The molecule has 2 aromatic rings. The number of nitrogens with two attached hydrogens (primary N) is 1. The molecule has 2 aromatic carbocycles. The molecule has 2 unspecified atom stereocenters. The van der Waals surface area contributed by atoms with Gasteiger partial charge in [-0.15, -0.1) is 0 Å². The summed E-state index contributed by atoms with van der Waals surface area (Å²) in [6, 6.07) is 12.4. The lowest BCUT2D eigenvalue weighted by atomic mass is 10.0. The van der Waals surface area contributed by atoms with Gasteiger partial charge in [0.2, 0.25) is 0 Å². The van der Waals surface area contributed by atoms with E-state index < -0.39 is 0 Å². The van der Waals surface area contributed by atoms with Crippen LogP contribution in [0.25, 0.3) is 0 Å². The van der Waals surface area contributed by atoms with Crippen LogP contribution in [0.3, 0.4) is 0 Å². The molecule has 2 atom stereocenters. The molecule has 5 heteroatoms. The maximum Gasteiger partial charge on any atom is 0.140 e. The van der Waals surface area contributed by atoms with Gasteiger partial charge in [-0.1, -0.05) is 53.0 Å². The molecule has 20 heavy (non-hydrogen) atoms. The predicted octanol–water partition coefficient (Wildman–Crippen LogP) is 5.11. The van der Waals surface area contributed by atoms with Gasteiger partial charge in [0.25, 0.3) is 0 Å². The summed E-state index contributed by atoms with van der Waals surface area (Å²) in [6.07, 6.45) is -0.357. The lowest BCUT2D eigenvalue weighted by Gasteiger charge is -2.24. The number of hydrogen-bond donors (Lipinski definition) is 1. The molecule has 0 heterocycles. The average Bonchev–Trinajstić information content (AvgIpc) is 2.40. The summed E-state index contributed by atoms with van der Waals surface area (Å²) in [4.78, 5) is 0. The Labute approximate surface area is 133 Å². The average molecular weight is 331 g/mol. The Bertz CT molecular complexity index is 601. The normalized spacial score (nSPS) is 13.8. The molecule has 0 radical (unpaired) electrons. The van der Waals surface area contributed by atoms with Crippen LogP contribution in [0.2, 0.25) is 15.1 Å². The van der Waals surface area contributed by atoms with Gasteiger partial charge in [-0.25, -0.2) is 0 Å². The quantitative estimate of drug-likeness (QED) is 0.845. The van der Waals surface area contributed by atoms with Crippen molar-refractivity contribution < 1.29 is 4.74 Å². The standard InChI is InChI=1S/C15H14Cl3NO/c1-9(19)15(10-4-2-5-11(16)8-10)20-13-7-3-6-12(17)14(13)18/h2-9,15H,19H2,1H3. The Balaban J connectivity index is 2.33. The highest BCUT2D eigenvalue weighted by Crippen LogP contribution is 2.35. The third-order valence-electron chi connectivity index (χ3n) is 2.82. The predicted molar refractivity (Wildman–Crippen MR) is 84.9 cm³/mol. The van der Waals surface area contributed by atoms with Crippen LogP contribution in [-0.2, 0) is 0 Å². The minimum absolute atomic E-state index is 0.233. The summed E-state index contributed by atoms with van der Waals surface area (Å²) in [5, 5.41) is 1.45. The van der Waals surface area contributed by atoms with Gasteiger partial charge >= 0.3 is 0 Å². The number of rotatable bonds is 4. The Kier molecular flexibility index (Phi) is 5.17. The highest BCUT2D eigenvalue weighted by Gasteiger charge is 2.20. The lowest BCUT2D eigenvalue weighted by molar-refractivity contribution is 0.180. The zero-order valence-corrected chi connectivity index (χ0v) is 13.1. The highest BCUT2D eigenvalue weighted by atomic mass is 35.5. The molecule has 0 saturated heterocycles. The highest BCUT2D eigenvalue weighted by molar-refractivity contribution is 6.42. The van der Waals surface area contributed by atoms with Crippen molar-refractivity contribution in [3.63, 3.8) is 0 Å². The fourth-order valence-corrected chi connectivity index (χ4v) is 2.41. The van der Waals surface area contributed by atoms with E-state index in [1.807, 2.05) is 25.1 Å². The summed E-state index contributed by atoms with van der Waals surface area (Å²) in [6.45, 7) is 1.87. The van der Waals surface area contributed by atoms with Crippen LogP contribution < -0.4 is 10.5 Å². The van der Waals surface area contributed by atoms with Crippen LogP contribution in [-0.4, -0.2) is 6.04 Å². The van der Waals surface area contributed by atoms with Gasteiger partial charge in [-0.05, 0) is 36.8 Å². The van der Waals surface area contributed by atoms with Gasteiger partial charge in [0.05, 0.1) is 5.02 Å². The van der Waals surface area contributed by atoms with Crippen molar-refractivity contribution in [1.82, 2.24) is 0 Å². The minimum Gasteiger partial charge on any atom is -0.482 e. The van der Waals surface area contributed by atoms with Gasteiger partial charge in [0.15, 0.2) is 0 Å². The summed E-state index contributed by atoms with van der Waals surface area (Å²) < 4.78 is 5.93. The number of halogens is 3. The maximum absolute atomic E-state index is 6.14. The third kappa shape index (κ3) is 3.58. The molecule has 2 N–H and O–H groups in total. The summed E-state index contributed by atoms with van der Waals surface area (Å²) in [5.74, 6) is 0.501. The molecule has 0 aliphatic carbocycles. The SMILES string of the molecule is CC(N)C(Oc1cccc(Cl)c1Cl)c1cccc(Cl)c1. The fraction of sp³-hybridized carbons (Fsp3) is 0.200.